The first-order valence-corrected chi connectivity index (χ1v) is 7.13. The smallest absolute Gasteiger partial charge is 0.250 e. The van der Waals surface area contributed by atoms with Crippen molar-refractivity contribution in [2.45, 2.75) is 31.7 Å². The zero-order chi connectivity index (χ0) is 15.2. The lowest BCUT2D eigenvalue weighted by atomic mass is 10.1. The molecule has 110 valence electrons. The second kappa shape index (κ2) is 7.57. The highest BCUT2D eigenvalue weighted by Gasteiger charge is 2.14. The zero-order valence-corrected chi connectivity index (χ0v) is 13.6. The van der Waals surface area contributed by atoms with E-state index in [0.717, 1.165) is 11.3 Å². The minimum Gasteiger partial charge on any atom is -0.322 e. The van der Waals surface area contributed by atoms with Crippen LogP contribution in [0.5, 0.6) is 0 Å². The van der Waals surface area contributed by atoms with Crippen molar-refractivity contribution in [2.75, 3.05) is 11.9 Å². The summed E-state index contributed by atoms with van der Waals surface area (Å²) in [7, 11) is 0. The second-order valence-corrected chi connectivity index (χ2v) is 6.82. The van der Waals surface area contributed by atoms with Crippen LogP contribution in [0, 0.1) is 0 Å². The normalized spacial score (nSPS) is 11.2. The second-order valence-electron chi connectivity index (χ2n) is 4.91. The van der Waals surface area contributed by atoms with Crippen LogP contribution in [-0.4, -0.2) is 17.0 Å². The van der Waals surface area contributed by atoms with Crippen LogP contribution in [0.15, 0.2) is 36.4 Å². The molecule has 1 amide bonds. The maximum atomic E-state index is 11.7. The molecule has 1 rings (SSSR count). The quantitative estimate of drug-likeness (QED) is 0.269. The van der Waals surface area contributed by atoms with Crippen molar-refractivity contribution >= 4 is 27.5 Å². The van der Waals surface area contributed by atoms with E-state index in [1.807, 2.05) is 38.1 Å². The van der Waals surface area contributed by atoms with Gasteiger partial charge in [0.05, 0.1) is 6.61 Å². The Morgan fingerprint density at radius 1 is 1.40 bits per heavy atom. The van der Waals surface area contributed by atoms with Gasteiger partial charge in [0.25, 0.3) is 5.91 Å². The van der Waals surface area contributed by atoms with Gasteiger partial charge < -0.3 is 5.32 Å². The first-order valence-electron chi connectivity index (χ1n) is 6.34. The molecule has 0 saturated heterocycles. The van der Waals surface area contributed by atoms with Gasteiger partial charge in [0.2, 0.25) is 0 Å². The number of amides is 1. The minimum atomic E-state index is -0.513. The Kier molecular flexibility index (Phi) is 6.39. The van der Waals surface area contributed by atoms with Crippen LogP contribution in [0.25, 0.3) is 0 Å². The van der Waals surface area contributed by atoms with Gasteiger partial charge in [0.1, 0.15) is 0 Å². The van der Waals surface area contributed by atoms with E-state index in [2.05, 4.69) is 27.8 Å². The molecule has 0 aliphatic heterocycles. The van der Waals surface area contributed by atoms with Crippen molar-refractivity contribution in [1.82, 2.24) is 0 Å². The Hall–Kier alpha value is -1.17. The van der Waals surface area contributed by atoms with Crippen LogP contribution < -0.4 is 5.32 Å². The number of anilines is 1. The molecular formula is C15H20BrNO3. The molecule has 0 spiro atoms. The summed E-state index contributed by atoms with van der Waals surface area (Å²) in [5.74, 6) is -0.184. The van der Waals surface area contributed by atoms with Crippen molar-refractivity contribution in [1.29, 1.82) is 0 Å². The van der Waals surface area contributed by atoms with E-state index in [1.54, 1.807) is 6.92 Å². The van der Waals surface area contributed by atoms with E-state index in [1.165, 1.54) is 0 Å². The average molecular weight is 342 g/mol. The fourth-order valence-electron chi connectivity index (χ4n) is 1.42. The highest BCUT2D eigenvalue weighted by molar-refractivity contribution is 9.10. The van der Waals surface area contributed by atoms with Crippen LogP contribution in [0.4, 0.5) is 5.69 Å². The van der Waals surface area contributed by atoms with Crippen LogP contribution in [0.2, 0.25) is 0 Å². The van der Waals surface area contributed by atoms with Gasteiger partial charge in [-0.1, -0.05) is 40.7 Å². The van der Waals surface area contributed by atoms with Crippen molar-refractivity contribution in [3.05, 3.63) is 42.0 Å². The van der Waals surface area contributed by atoms with Crippen molar-refractivity contribution < 1.29 is 14.6 Å². The number of rotatable bonds is 7. The van der Waals surface area contributed by atoms with Gasteiger partial charge in [-0.15, -0.1) is 0 Å². The largest absolute Gasteiger partial charge is 0.322 e. The van der Waals surface area contributed by atoms with Gasteiger partial charge in [0.15, 0.2) is 4.51 Å². The molecule has 0 fully saturated rings. The molecular weight excluding hydrogens is 322 g/mol. The number of para-hydroxylation sites is 1. The predicted molar refractivity (Wildman–Crippen MR) is 83.6 cm³/mol. The topological polar surface area (TPSA) is 47.6 Å². The maximum Gasteiger partial charge on any atom is 0.250 e. The number of nitrogens with one attached hydrogen (secondary N) is 1. The molecule has 0 unspecified atom stereocenters. The molecule has 1 aromatic carbocycles. The summed E-state index contributed by atoms with van der Waals surface area (Å²) < 4.78 is -0.513. The number of benzene rings is 1. The number of carbonyl (C=O) groups is 1. The van der Waals surface area contributed by atoms with Gasteiger partial charge in [-0.2, -0.15) is 0 Å². The molecule has 1 aromatic rings. The SMILES string of the molecule is C=C(C)C(=O)Nc1ccccc1CCOOC(C)(C)Br. The highest BCUT2D eigenvalue weighted by Crippen LogP contribution is 2.19. The van der Waals surface area contributed by atoms with E-state index in [9.17, 15) is 4.79 Å². The molecule has 4 nitrogen and oxygen atoms in total. The monoisotopic (exact) mass is 341 g/mol. The van der Waals surface area contributed by atoms with E-state index in [-0.39, 0.29) is 5.91 Å². The standard InChI is InChI=1S/C15H20BrNO3/c1-11(2)14(18)17-13-8-6-5-7-12(13)9-10-19-20-15(3,4)16/h5-8H,1,9-10H2,2-4H3,(H,17,18). The van der Waals surface area contributed by atoms with E-state index < -0.39 is 4.51 Å². The number of halogens is 1. The lowest BCUT2D eigenvalue weighted by Gasteiger charge is -2.16. The number of hydrogen-bond acceptors (Lipinski definition) is 3. The summed E-state index contributed by atoms with van der Waals surface area (Å²) in [6.07, 6.45) is 0.635. The Morgan fingerprint density at radius 3 is 2.65 bits per heavy atom. The third kappa shape index (κ3) is 6.32. The molecule has 0 aromatic heterocycles. The third-order valence-corrected chi connectivity index (χ3v) is 2.50. The molecule has 20 heavy (non-hydrogen) atoms. The summed E-state index contributed by atoms with van der Waals surface area (Å²) >= 11 is 3.31. The molecule has 5 heteroatoms. The van der Waals surface area contributed by atoms with Crippen LogP contribution in [-0.2, 0) is 21.0 Å². The molecule has 0 bridgehead atoms. The van der Waals surface area contributed by atoms with Crippen LogP contribution in [0.3, 0.4) is 0 Å². The predicted octanol–water partition coefficient (Wildman–Crippen LogP) is 3.82. The fourth-order valence-corrected chi connectivity index (χ4v) is 1.52. The van der Waals surface area contributed by atoms with Crippen molar-refractivity contribution in [3.63, 3.8) is 0 Å². The maximum absolute atomic E-state index is 11.7. The first kappa shape index (κ1) is 16.9. The Labute approximate surface area is 128 Å². The average Bonchev–Trinajstić information content (AvgIpc) is 2.35. The van der Waals surface area contributed by atoms with Gasteiger partial charge >= 0.3 is 0 Å². The Bertz CT molecular complexity index is 480. The van der Waals surface area contributed by atoms with Gasteiger partial charge in [-0.25, -0.2) is 9.78 Å². The van der Waals surface area contributed by atoms with Gasteiger partial charge in [-0.3, -0.25) is 4.79 Å². The first-order chi connectivity index (χ1) is 9.29. The van der Waals surface area contributed by atoms with Crippen LogP contribution in [0.1, 0.15) is 26.3 Å². The number of carbonyl (C=O) groups excluding carboxylic acids is 1. The van der Waals surface area contributed by atoms with Gasteiger partial charge in [0, 0.05) is 17.7 Å². The summed E-state index contributed by atoms with van der Waals surface area (Å²) in [4.78, 5) is 21.9. The Morgan fingerprint density at radius 2 is 2.05 bits per heavy atom. The highest BCUT2D eigenvalue weighted by atomic mass is 79.9. The molecule has 0 heterocycles. The number of alkyl halides is 1. The summed E-state index contributed by atoms with van der Waals surface area (Å²) in [6.45, 7) is 9.38. The Balaban J connectivity index is 2.57. The summed E-state index contributed by atoms with van der Waals surface area (Å²) in [6, 6.07) is 7.58. The molecule has 0 saturated carbocycles. The molecule has 1 N–H and O–H groups in total. The number of hydrogen-bond donors (Lipinski definition) is 1. The van der Waals surface area contributed by atoms with E-state index in [0.29, 0.717) is 18.6 Å². The third-order valence-electron chi connectivity index (χ3n) is 2.37. The van der Waals surface area contributed by atoms with Crippen molar-refractivity contribution in [3.8, 4) is 0 Å². The molecule has 0 aliphatic rings. The lowest BCUT2D eigenvalue weighted by molar-refractivity contribution is -0.324. The van der Waals surface area contributed by atoms with Crippen molar-refractivity contribution in [2.24, 2.45) is 0 Å². The molecule has 0 atom stereocenters. The summed E-state index contributed by atoms with van der Waals surface area (Å²) in [5.41, 5.74) is 2.22. The minimum absolute atomic E-state index is 0.184. The van der Waals surface area contributed by atoms with E-state index in [4.69, 9.17) is 9.78 Å². The van der Waals surface area contributed by atoms with Crippen LogP contribution >= 0.6 is 15.9 Å². The fraction of sp³-hybridized carbons (Fsp3) is 0.400. The lowest BCUT2D eigenvalue weighted by Crippen LogP contribution is -2.17. The summed E-state index contributed by atoms with van der Waals surface area (Å²) in [5, 5.41) is 2.82. The molecule has 0 aliphatic carbocycles. The van der Waals surface area contributed by atoms with Gasteiger partial charge in [-0.05, 0) is 32.4 Å². The van der Waals surface area contributed by atoms with E-state index >= 15 is 0 Å². The molecule has 0 radical (unpaired) electrons. The zero-order valence-electron chi connectivity index (χ0n) is 12.0.